The standard InChI is InChI=1S/C17H17ClO3S.5FH/c1-2-3-12-20-14-10-8-13(9-11-14)17(19)21-22-16-7-5-4-6-15(16)18;;;;;/h4-11H,2-3,12H2,1H3;5*1H. The van der Waals surface area contributed by atoms with Gasteiger partial charge in [-0.3, -0.25) is 23.5 Å². The molecule has 0 bridgehead atoms. The molecule has 27 heavy (non-hydrogen) atoms. The lowest BCUT2D eigenvalue weighted by molar-refractivity contribution is 0.0768. The lowest BCUT2D eigenvalue weighted by atomic mass is 10.2. The van der Waals surface area contributed by atoms with Crippen molar-refractivity contribution in [2.75, 3.05) is 6.61 Å². The van der Waals surface area contributed by atoms with Crippen molar-refractivity contribution < 1.29 is 37.2 Å². The van der Waals surface area contributed by atoms with E-state index in [9.17, 15) is 4.79 Å². The number of ether oxygens (including phenoxy) is 1. The van der Waals surface area contributed by atoms with E-state index < -0.39 is 5.97 Å². The summed E-state index contributed by atoms with van der Waals surface area (Å²) in [5, 5.41) is 0.556. The van der Waals surface area contributed by atoms with Crippen LogP contribution in [0, 0.1) is 0 Å². The fraction of sp³-hybridized carbons (Fsp3) is 0.235. The van der Waals surface area contributed by atoms with Gasteiger partial charge in [0, 0.05) is 0 Å². The molecular formula is C17H22ClF5O3S. The molecule has 0 saturated carbocycles. The van der Waals surface area contributed by atoms with Crippen LogP contribution in [0.4, 0.5) is 23.5 Å². The van der Waals surface area contributed by atoms with E-state index in [0.29, 0.717) is 22.1 Å². The first-order valence-corrected chi connectivity index (χ1v) is 8.19. The van der Waals surface area contributed by atoms with Crippen LogP contribution in [0.25, 0.3) is 0 Å². The second-order valence-corrected chi connectivity index (χ2v) is 5.79. The molecule has 2 aromatic carbocycles. The molecule has 0 aromatic heterocycles. The molecule has 0 saturated heterocycles. The van der Waals surface area contributed by atoms with E-state index >= 15 is 0 Å². The number of benzene rings is 2. The van der Waals surface area contributed by atoms with Crippen LogP contribution in [0.15, 0.2) is 53.4 Å². The molecule has 0 aliphatic heterocycles. The molecular weight excluding hydrogens is 415 g/mol. The third-order valence-electron chi connectivity index (χ3n) is 2.90. The average molecular weight is 437 g/mol. The molecule has 156 valence electrons. The van der Waals surface area contributed by atoms with Gasteiger partial charge in [-0.2, -0.15) is 0 Å². The van der Waals surface area contributed by atoms with E-state index in [2.05, 4.69) is 6.92 Å². The van der Waals surface area contributed by atoms with E-state index in [1.807, 2.05) is 12.1 Å². The SMILES string of the molecule is CCCCOc1ccc(C(=O)OSc2ccccc2Cl)cc1.F.F.F.F.F. The lowest BCUT2D eigenvalue weighted by Gasteiger charge is -2.07. The Hall–Kier alpha value is -2.00. The molecule has 0 spiro atoms. The van der Waals surface area contributed by atoms with Crippen LogP contribution >= 0.6 is 23.6 Å². The Balaban J connectivity index is -0.000000529. The number of hydrogen-bond acceptors (Lipinski definition) is 4. The van der Waals surface area contributed by atoms with Gasteiger partial charge in [-0.1, -0.05) is 37.1 Å². The Morgan fingerprint density at radius 2 is 1.56 bits per heavy atom. The molecule has 0 unspecified atom stereocenters. The summed E-state index contributed by atoms with van der Waals surface area (Å²) in [6.45, 7) is 2.79. The highest BCUT2D eigenvalue weighted by atomic mass is 35.5. The average Bonchev–Trinajstić information content (AvgIpc) is 2.55. The second kappa shape index (κ2) is 17.4. The fourth-order valence-electron chi connectivity index (χ4n) is 1.66. The second-order valence-electron chi connectivity index (χ2n) is 4.61. The zero-order chi connectivity index (χ0) is 15.8. The highest BCUT2D eigenvalue weighted by molar-refractivity contribution is 7.95. The van der Waals surface area contributed by atoms with E-state index in [1.165, 1.54) is 0 Å². The Bertz CT molecular complexity index is 632. The third-order valence-corrected chi connectivity index (χ3v) is 4.11. The Kier molecular flexibility index (Phi) is 21.1. The van der Waals surface area contributed by atoms with Gasteiger partial charge in [-0.25, -0.2) is 4.79 Å². The number of carbonyl (C=O) groups excluding carboxylic acids is 1. The maximum Gasteiger partial charge on any atom is 0.350 e. The monoisotopic (exact) mass is 436 g/mol. The Morgan fingerprint density at radius 1 is 0.963 bits per heavy atom. The molecule has 2 aromatic rings. The zero-order valence-corrected chi connectivity index (χ0v) is 15.9. The molecule has 2 rings (SSSR count). The summed E-state index contributed by atoms with van der Waals surface area (Å²) in [5.41, 5.74) is 0.474. The number of carbonyl (C=O) groups is 1. The highest BCUT2D eigenvalue weighted by Gasteiger charge is 2.10. The van der Waals surface area contributed by atoms with Crippen molar-refractivity contribution in [1.82, 2.24) is 0 Å². The van der Waals surface area contributed by atoms with E-state index in [-0.39, 0.29) is 23.5 Å². The van der Waals surface area contributed by atoms with Crippen LogP contribution in [0.3, 0.4) is 0 Å². The van der Waals surface area contributed by atoms with Crippen LogP contribution in [0.5, 0.6) is 5.75 Å². The summed E-state index contributed by atoms with van der Waals surface area (Å²) in [6, 6.07) is 14.1. The summed E-state index contributed by atoms with van der Waals surface area (Å²) in [7, 11) is 0. The molecule has 0 N–H and O–H groups in total. The van der Waals surface area contributed by atoms with Gasteiger partial charge in [0.2, 0.25) is 0 Å². The number of unbranched alkanes of at least 4 members (excludes halogenated alkanes) is 1. The van der Waals surface area contributed by atoms with Crippen molar-refractivity contribution in [1.29, 1.82) is 0 Å². The van der Waals surface area contributed by atoms with Gasteiger partial charge in [0.25, 0.3) is 0 Å². The zero-order valence-electron chi connectivity index (χ0n) is 14.3. The van der Waals surface area contributed by atoms with Gasteiger partial charge >= 0.3 is 5.97 Å². The van der Waals surface area contributed by atoms with Gasteiger partial charge in [0.15, 0.2) is 0 Å². The minimum Gasteiger partial charge on any atom is -0.494 e. The van der Waals surface area contributed by atoms with Gasteiger partial charge in [0.1, 0.15) is 5.75 Å². The Labute approximate surface area is 163 Å². The minimum atomic E-state index is -0.412. The van der Waals surface area contributed by atoms with Crippen molar-refractivity contribution in [2.45, 2.75) is 24.7 Å². The lowest BCUT2D eigenvalue weighted by Crippen LogP contribution is -2.01. The highest BCUT2D eigenvalue weighted by Crippen LogP contribution is 2.28. The van der Waals surface area contributed by atoms with E-state index in [1.54, 1.807) is 36.4 Å². The summed E-state index contributed by atoms with van der Waals surface area (Å²) in [6.07, 6.45) is 2.10. The smallest absolute Gasteiger partial charge is 0.350 e. The van der Waals surface area contributed by atoms with Crippen LogP contribution in [-0.2, 0) is 4.18 Å². The largest absolute Gasteiger partial charge is 0.494 e. The van der Waals surface area contributed by atoms with Gasteiger partial charge in [0.05, 0.1) is 34.1 Å². The minimum absolute atomic E-state index is 0. The summed E-state index contributed by atoms with van der Waals surface area (Å²) in [5.74, 6) is 0.341. The fourth-order valence-corrected chi connectivity index (χ4v) is 2.44. The molecule has 10 heteroatoms. The topological polar surface area (TPSA) is 35.5 Å². The van der Waals surface area contributed by atoms with Crippen LogP contribution in [-0.4, -0.2) is 12.6 Å². The quantitative estimate of drug-likeness (QED) is 0.296. The van der Waals surface area contributed by atoms with Gasteiger partial charge in [-0.05, 0) is 42.8 Å². The first-order chi connectivity index (χ1) is 10.7. The summed E-state index contributed by atoms with van der Waals surface area (Å²) >= 11 is 6.96. The Morgan fingerprint density at radius 3 is 2.11 bits per heavy atom. The number of hydrogen-bond donors (Lipinski definition) is 0. The molecule has 0 atom stereocenters. The molecule has 0 amide bonds. The predicted octanol–water partition coefficient (Wildman–Crippen LogP) is 6.15. The van der Waals surface area contributed by atoms with E-state index in [4.69, 9.17) is 20.5 Å². The normalized spacial score (nSPS) is 8.37. The van der Waals surface area contributed by atoms with E-state index in [0.717, 1.165) is 30.6 Å². The van der Waals surface area contributed by atoms with Gasteiger partial charge < -0.3 is 8.92 Å². The molecule has 0 heterocycles. The van der Waals surface area contributed by atoms with Crippen molar-refractivity contribution >= 4 is 29.6 Å². The van der Waals surface area contributed by atoms with Crippen molar-refractivity contribution in [3.8, 4) is 5.75 Å². The maximum absolute atomic E-state index is 12.0. The first-order valence-electron chi connectivity index (χ1n) is 7.07. The summed E-state index contributed by atoms with van der Waals surface area (Å²) in [4.78, 5) is 12.7. The summed E-state index contributed by atoms with van der Waals surface area (Å²) < 4.78 is 10.7. The van der Waals surface area contributed by atoms with Crippen LogP contribution < -0.4 is 4.74 Å². The first kappa shape index (κ1) is 32.7. The van der Waals surface area contributed by atoms with Crippen LogP contribution in [0.1, 0.15) is 30.1 Å². The molecule has 0 aliphatic rings. The van der Waals surface area contributed by atoms with Crippen LogP contribution in [0.2, 0.25) is 5.02 Å². The molecule has 0 radical (unpaired) electrons. The maximum atomic E-state index is 12.0. The van der Waals surface area contributed by atoms with Crippen molar-refractivity contribution in [2.24, 2.45) is 0 Å². The van der Waals surface area contributed by atoms with Crippen molar-refractivity contribution in [3.63, 3.8) is 0 Å². The number of rotatable bonds is 7. The third kappa shape index (κ3) is 10.7. The van der Waals surface area contributed by atoms with Gasteiger partial charge in [-0.15, -0.1) is 0 Å². The molecule has 3 nitrogen and oxygen atoms in total. The predicted molar refractivity (Wildman–Crippen MR) is 102 cm³/mol. The van der Waals surface area contributed by atoms with Crippen molar-refractivity contribution in [3.05, 3.63) is 59.1 Å². The molecule has 0 fully saturated rings. The molecule has 0 aliphatic carbocycles. The number of halogens is 6.